The third-order valence-electron chi connectivity index (χ3n) is 8.80. The number of carbonyl (C=O) groups is 1. The Labute approximate surface area is 270 Å². The van der Waals surface area contributed by atoms with Crippen LogP contribution in [-0.2, 0) is 17.5 Å². The number of hydrogen-bond donors (Lipinski definition) is 0. The number of anilines is 1. The number of piperazine rings is 1. The molecule has 0 radical (unpaired) electrons. The topological polar surface area (TPSA) is 89.2 Å². The van der Waals surface area contributed by atoms with Crippen LogP contribution >= 0.6 is 11.8 Å². The molecule has 0 saturated carbocycles. The van der Waals surface area contributed by atoms with Gasteiger partial charge in [-0.2, -0.15) is 23.3 Å². The van der Waals surface area contributed by atoms with E-state index in [9.17, 15) is 14.0 Å². The zero-order valence-corrected chi connectivity index (χ0v) is 26.2. The van der Waals surface area contributed by atoms with Gasteiger partial charge in [-0.25, -0.2) is 18.9 Å². The molecule has 1 fully saturated rings. The highest BCUT2D eigenvalue weighted by atomic mass is 32.2. The number of amides is 1. The van der Waals surface area contributed by atoms with Gasteiger partial charge in [0.2, 0.25) is 5.91 Å². The summed E-state index contributed by atoms with van der Waals surface area (Å²) in [4.78, 5) is 39.2. The first kappa shape index (κ1) is 30.9. The Bertz CT molecular complexity index is 2100. The van der Waals surface area contributed by atoms with E-state index in [2.05, 4.69) is 21.6 Å². The summed E-state index contributed by atoms with van der Waals surface area (Å²) in [6.07, 6.45) is -0.267. The van der Waals surface area contributed by atoms with Crippen molar-refractivity contribution in [1.29, 1.82) is 0 Å². The van der Waals surface area contributed by atoms with Gasteiger partial charge in [0, 0.05) is 58.4 Å². The Morgan fingerprint density at radius 1 is 1.09 bits per heavy atom. The van der Waals surface area contributed by atoms with Crippen molar-refractivity contribution in [3.8, 4) is 11.1 Å². The predicted octanol–water partition coefficient (Wildman–Crippen LogP) is 5.92. The Morgan fingerprint density at radius 3 is 2.49 bits per heavy atom. The lowest BCUT2D eigenvalue weighted by Gasteiger charge is -2.44. The fourth-order valence-electron chi connectivity index (χ4n) is 6.85. The average Bonchev–Trinajstić information content (AvgIpc) is 3.36. The summed E-state index contributed by atoms with van der Waals surface area (Å²) < 4.78 is 62.3. The first-order chi connectivity index (χ1) is 22.5. The number of nitrogens with zero attached hydrogens (tertiary/aromatic N) is 7. The molecule has 7 rings (SSSR count). The van der Waals surface area contributed by atoms with Gasteiger partial charge in [-0.05, 0) is 55.8 Å². The van der Waals surface area contributed by atoms with E-state index in [-0.39, 0.29) is 70.6 Å². The van der Waals surface area contributed by atoms with E-state index in [1.807, 2.05) is 19.9 Å². The molecule has 1 amide bonds. The van der Waals surface area contributed by atoms with E-state index in [1.165, 1.54) is 34.5 Å². The Hall–Kier alpha value is -4.72. The molecule has 3 aromatic heterocycles. The van der Waals surface area contributed by atoms with E-state index < -0.39 is 29.3 Å². The van der Waals surface area contributed by atoms with Crippen LogP contribution in [0.15, 0.2) is 77.2 Å². The molecular weight excluding hydrogens is 634 g/mol. The summed E-state index contributed by atoms with van der Waals surface area (Å²) in [5, 5.41) is 5.49. The lowest BCUT2D eigenvalue weighted by Crippen LogP contribution is -2.58. The number of benzene rings is 2. The number of pyridine rings is 1. The molecule has 3 atom stereocenters. The molecule has 0 spiro atoms. The highest BCUT2D eigenvalue weighted by Crippen LogP contribution is 2.49. The van der Waals surface area contributed by atoms with Crippen LogP contribution in [0.5, 0.6) is 0 Å². The molecule has 0 unspecified atom stereocenters. The van der Waals surface area contributed by atoms with Crippen LogP contribution in [0.3, 0.4) is 0 Å². The molecule has 5 aromatic rings. The summed E-state index contributed by atoms with van der Waals surface area (Å²) in [5.74, 6) is -0.448. The largest absolute Gasteiger partial charge is 0.417 e. The molecule has 0 N–H and O–H groups in total. The van der Waals surface area contributed by atoms with Gasteiger partial charge in [0.15, 0.2) is 5.65 Å². The standard InChI is InChI=1S/C33H29F4N7O2S/c1-4-26(45)43-18(2)14-41(15-19(43)3)31-24-12-25(33(35,36)37)27(20-7-9-22(34)10-8-20)29-28(24)42(32(46)40-31)16-23(17-47-29)44-30-21(13-39-44)6-5-11-38-30/h4-13,18-19,23H,1,14-17H2,2-3H3/t18-,19+,23-/m0/s1. The van der Waals surface area contributed by atoms with Crippen LogP contribution in [-0.4, -0.2) is 66.0 Å². The van der Waals surface area contributed by atoms with Crippen molar-refractivity contribution in [3.05, 3.63) is 89.4 Å². The third-order valence-corrected chi connectivity index (χ3v) is 10.0. The van der Waals surface area contributed by atoms with E-state index in [0.717, 1.165) is 23.6 Å². The van der Waals surface area contributed by atoms with Crippen molar-refractivity contribution < 1.29 is 22.4 Å². The van der Waals surface area contributed by atoms with Crippen molar-refractivity contribution in [3.63, 3.8) is 0 Å². The summed E-state index contributed by atoms with van der Waals surface area (Å²) in [7, 11) is 0. The third kappa shape index (κ3) is 5.24. The Balaban J connectivity index is 1.48. The van der Waals surface area contributed by atoms with Crippen molar-refractivity contribution in [2.45, 2.75) is 49.6 Å². The van der Waals surface area contributed by atoms with Crippen LogP contribution in [0.2, 0.25) is 0 Å². The first-order valence-corrected chi connectivity index (χ1v) is 16.0. The summed E-state index contributed by atoms with van der Waals surface area (Å²) in [6.45, 7) is 7.83. The van der Waals surface area contributed by atoms with Gasteiger partial charge in [0.25, 0.3) is 0 Å². The van der Waals surface area contributed by atoms with Gasteiger partial charge in [-0.15, -0.1) is 11.8 Å². The molecule has 2 aromatic carbocycles. The van der Waals surface area contributed by atoms with Gasteiger partial charge in [0.1, 0.15) is 11.6 Å². The van der Waals surface area contributed by atoms with Gasteiger partial charge in [0.05, 0.1) is 29.9 Å². The lowest BCUT2D eigenvalue weighted by atomic mass is 9.96. The molecular formula is C33H29F4N7O2S. The minimum atomic E-state index is -4.79. The smallest absolute Gasteiger partial charge is 0.352 e. The lowest BCUT2D eigenvalue weighted by molar-refractivity contribution is -0.137. The molecule has 5 heterocycles. The van der Waals surface area contributed by atoms with Crippen molar-refractivity contribution in [1.82, 2.24) is 29.2 Å². The molecule has 9 nitrogen and oxygen atoms in total. The number of fused-ring (bicyclic) bond motifs is 1. The fourth-order valence-corrected chi connectivity index (χ4v) is 8.18. The quantitative estimate of drug-likeness (QED) is 0.174. The predicted molar refractivity (Wildman–Crippen MR) is 172 cm³/mol. The highest BCUT2D eigenvalue weighted by Gasteiger charge is 2.40. The zero-order chi connectivity index (χ0) is 33.2. The van der Waals surface area contributed by atoms with Crippen LogP contribution < -0.4 is 10.6 Å². The zero-order valence-electron chi connectivity index (χ0n) is 25.4. The molecule has 0 aliphatic carbocycles. The van der Waals surface area contributed by atoms with Crippen molar-refractivity contribution >= 4 is 45.4 Å². The van der Waals surface area contributed by atoms with E-state index in [4.69, 9.17) is 0 Å². The van der Waals surface area contributed by atoms with E-state index in [1.54, 1.807) is 32.9 Å². The van der Waals surface area contributed by atoms with E-state index in [0.29, 0.717) is 11.2 Å². The number of thioether (sulfide) groups is 1. The summed E-state index contributed by atoms with van der Waals surface area (Å²) >= 11 is 1.19. The maximum atomic E-state index is 15.0. The van der Waals surface area contributed by atoms with Crippen LogP contribution in [0, 0.1) is 5.82 Å². The minimum absolute atomic E-state index is 0.0820. The minimum Gasteiger partial charge on any atom is -0.352 e. The van der Waals surface area contributed by atoms with Crippen LogP contribution in [0.1, 0.15) is 25.5 Å². The van der Waals surface area contributed by atoms with Gasteiger partial charge >= 0.3 is 11.9 Å². The van der Waals surface area contributed by atoms with E-state index >= 15 is 13.2 Å². The number of hydrogen-bond acceptors (Lipinski definition) is 7. The molecule has 1 saturated heterocycles. The number of aromatic nitrogens is 5. The second kappa shape index (κ2) is 11.5. The highest BCUT2D eigenvalue weighted by molar-refractivity contribution is 7.99. The monoisotopic (exact) mass is 663 g/mol. The van der Waals surface area contributed by atoms with Crippen LogP contribution in [0.4, 0.5) is 23.4 Å². The second-order valence-electron chi connectivity index (χ2n) is 11.9. The Kier molecular flexibility index (Phi) is 7.57. The van der Waals surface area contributed by atoms with Crippen LogP contribution in [0.25, 0.3) is 33.1 Å². The summed E-state index contributed by atoms with van der Waals surface area (Å²) in [6, 6.07) is 8.45. The molecule has 47 heavy (non-hydrogen) atoms. The van der Waals surface area contributed by atoms with Gasteiger partial charge in [-0.3, -0.25) is 9.36 Å². The average molecular weight is 664 g/mol. The normalized spacial score (nSPS) is 20.1. The second-order valence-corrected chi connectivity index (χ2v) is 12.9. The van der Waals surface area contributed by atoms with Gasteiger partial charge in [-0.1, -0.05) is 18.7 Å². The summed E-state index contributed by atoms with van der Waals surface area (Å²) in [5.41, 5.74) is -0.604. The number of alkyl halides is 3. The number of rotatable bonds is 4. The number of halogens is 4. The molecule has 2 aliphatic heterocycles. The number of carbonyl (C=O) groups excluding carboxylic acids is 1. The Morgan fingerprint density at radius 2 is 1.81 bits per heavy atom. The van der Waals surface area contributed by atoms with Crippen molar-refractivity contribution in [2.75, 3.05) is 23.7 Å². The maximum Gasteiger partial charge on any atom is 0.417 e. The molecule has 14 heteroatoms. The first-order valence-electron chi connectivity index (χ1n) is 15.0. The maximum absolute atomic E-state index is 15.0. The SMILES string of the molecule is C=CC(=O)N1[C@H](C)CN(c2nc(=O)n3c4c(c(-c5ccc(F)cc5)c(C(F)(F)F)cc24)SC[C@@H](n2ncc4cccnc42)C3)C[C@@H]1C. The molecule has 2 aliphatic rings. The fraction of sp³-hybridized carbons (Fsp3) is 0.303. The molecule has 242 valence electrons. The van der Waals surface area contributed by atoms with Gasteiger partial charge < -0.3 is 9.80 Å². The molecule has 0 bridgehead atoms. The van der Waals surface area contributed by atoms with Crippen molar-refractivity contribution in [2.24, 2.45) is 0 Å².